The van der Waals surface area contributed by atoms with Crippen molar-refractivity contribution in [2.24, 2.45) is 5.73 Å². The molecule has 0 aliphatic rings. The molecule has 0 aliphatic carbocycles. The monoisotopic (exact) mass is 226 g/mol. The van der Waals surface area contributed by atoms with E-state index in [2.05, 4.69) is 4.74 Å². The van der Waals surface area contributed by atoms with Crippen LogP contribution >= 0.6 is 0 Å². The van der Waals surface area contributed by atoms with Gasteiger partial charge in [0.15, 0.2) is 0 Å². The van der Waals surface area contributed by atoms with E-state index in [1.54, 1.807) is 0 Å². The lowest BCUT2D eigenvalue weighted by atomic mass is 10.3. The molecule has 1 atom stereocenters. The molecule has 0 spiro atoms. The maximum absolute atomic E-state index is 11.1. The number of aliphatic hydroxyl groups is 1. The molecule has 1 amide bonds. The third-order valence-corrected chi connectivity index (χ3v) is 2.69. The van der Waals surface area contributed by atoms with Gasteiger partial charge in [-0.05, 0) is 0 Å². The number of methoxy groups -OCH3 is 1. The van der Waals surface area contributed by atoms with Crippen LogP contribution in [0.3, 0.4) is 0 Å². The number of carbonyl (C=O) groups excluding carboxylic acids is 1. The van der Waals surface area contributed by atoms with Gasteiger partial charge in [-0.2, -0.15) is 0 Å². The summed E-state index contributed by atoms with van der Waals surface area (Å²) in [5, 5.41) is 8.88. The fourth-order valence-corrected chi connectivity index (χ4v) is 1.51. The quantitative estimate of drug-likeness (QED) is 0.440. The van der Waals surface area contributed by atoms with Crippen LogP contribution in [0.15, 0.2) is 0 Å². The number of sulfonamides is 1. The van der Waals surface area contributed by atoms with Crippen molar-refractivity contribution >= 4 is 15.9 Å². The molecule has 14 heavy (non-hydrogen) atoms. The Hall–Kier alpha value is -0.700. The Labute approximate surface area is 82.3 Å². The molecular formula is C6H14N2O5S. The number of hydrogen-bond acceptors (Lipinski definition) is 5. The largest absolute Gasteiger partial charge is 0.384 e. The lowest BCUT2D eigenvalue weighted by molar-refractivity contribution is -0.125. The van der Waals surface area contributed by atoms with E-state index in [1.807, 2.05) is 4.72 Å². The summed E-state index contributed by atoms with van der Waals surface area (Å²) in [4.78, 5) is 10.3. The molecule has 0 saturated heterocycles. The highest BCUT2D eigenvalue weighted by atomic mass is 32.2. The van der Waals surface area contributed by atoms with Crippen molar-refractivity contribution < 1.29 is 23.1 Å². The van der Waals surface area contributed by atoms with Gasteiger partial charge in [-0.25, -0.2) is 13.1 Å². The molecule has 0 aliphatic heterocycles. The van der Waals surface area contributed by atoms with Crippen LogP contribution in [0, 0.1) is 0 Å². The highest BCUT2D eigenvalue weighted by molar-refractivity contribution is 7.89. The predicted octanol–water partition coefficient (Wildman–Crippen LogP) is -2.60. The first-order valence-electron chi connectivity index (χ1n) is 3.82. The van der Waals surface area contributed by atoms with Crippen molar-refractivity contribution in [2.45, 2.75) is 6.10 Å². The van der Waals surface area contributed by atoms with Gasteiger partial charge in [0, 0.05) is 13.7 Å². The second-order valence-electron chi connectivity index (χ2n) is 2.58. The molecule has 0 heterocycles. The van der Waals surface area contributed by atoms with Gasteiger partial charge < -0.3 is 15.6 Å². The van der Waals surface area contributed by atoms with Gasteiger partial charge in [0.05, 0.1) is 12.4 Å². The summed E-state index contributed by atoms with van der Waals surface area (Å²) in [6.07, 6.45) is -1.51. The Kier molecular flexibility index (Phi) is 5.62. The van der Waals surface area contributed by atoms with Crippen LogP contribution in [-0.2, 0) is 19.6 Å². The molecule has 1 unspecified atom stereocenters. The Morgan fingerprint density at radius 3 is 2.64 bits per heavy atom. The predicted molar refractivity (Wildman–Crippen MR) is 48.9 cm³/mol. The second-order valence-corrected chi connectivity index (χ2v) is 4.50. The normalized spacial score (nSPS) is 13.9. The summed E-state index contributed by atoms with van der Waals surface area (Å²) in [5.41, 5.74) is 4.72. The third-order valence-electron chi connectivity index (χ3n) is 1.38. The lowest BCUT2D eigenvalue weighted by Gasteiger charge is -2.08. The smallest absolute Gasteiger partial charge is 0.247 e. The van der Waals surface area contributed by atoms with Crippen molar-refractivity contribution in [3.63, 3.8) is 0 Å². The number of aliphatic hydroxyl groups excluding tert-OH is 1. The van der Waals surface area contributed by atoms with Crippen LogP contribution < -0.4 is 10.5 Å². The summed E-state index contributed by atoms with van der Waals surface area (Å²) in [5.74, 6) is -1.20. The molecule has 0 radical (unpaired) electrons. The van der Waals surface area contributed by atoms with E-state index in [1.165, 1.54) is 7.11 Å². The SMILES string of the molecule is COCCS(=O)(=O)NCC(O)C(N)=O. The minimum atomic E-state index is -3.52. The Morgan fingerprint density at radius 2 is 2.21 bits per heavy atom. The van der Waals surface area contributed by atoms with Gasteiger partial charge in [-0.15, -0.1) is 0 Å². The molecule has 4 N–H and O–H groups in total. The number of rotatable bonds is 7. The Bertz CT molecular complexity index is 276. The fraction of sp³-hybridized carbons (Fsp3) is 0.833. The highest BCUT2D eigenvalue weighted by Gasteiger charge is 2.15. The number of primary amides is 1. The van der Waals surface area contributed by atoms with Gasteiger partial charge in [0.1, 0.15) is 6.10 Å². The molecule has 0 aromatic rings. The standard InChI is InChI=1S/C6H14N2O5S/c1-13-2-3-14(11,12)8-4-5(9)6(7)10/h5,8-9H,2-4H2,1H3,(H2,7,10). The molecule has 0 bridgehead atoms. The molecule has 84 valence electrons. The Balaban J connectivity index is 3.93. The molecule has 0 aromatic heterocycles. The number of carbonyl (C=O) groups is 1. The number of nitrogens with two attached hydrogens (primary N) is 1. The van der Waals surface area contributed by atoms with Gasteiger partial charge in [-0.1, -0.05) is 0 Å². The topological polar surface area (TPSA) is 119 Å². The van der Waals surface area contributed by atoms with Crippen molar-refractivity contribution in [2.75, 3.05) is 26.0 Å². The van der Waals surface area contributed by atoms with E-state index in [0.29, 0.717) is 0 Å². The van der Waals surface area contributed by atoms with Crippen LogP contribution in [0.5, 0.6) is 0 Å². The third kappa shape index (κ3) is 5.86. The van der Waals surface area contributed by atoms with E-state index in [4.69, 9.17) is 10.8 Å². The first-order valence-corrected chi connectivity index (χ1v) is 5.48. The van der Waals surface area contributed by atoms with Gasteiger partial charge >= 0.3 is 0 Å². The van der Waals surface area contributed by atoms with Gasteiger partial charge in [0.2, 0.25) is 15.9 Å². The molecule has 0 rings (SSSR count). The first kappa shape index (κ1) is 13.3. The number of hydrogen-bond donors (Lipinski definition) is 3. The van der Waals surface area contributed by atoms with Crippen LogP contribution in [0.4, 0.5) is 0 Å². The van der Waals surface area contributed by atoms with E-state index >= 15 is 0 Å². The van der Waals surface area contributed by atoms with Gasteiger partial charge in [0.25, 0.3) is 0 Å². The lowest BCUT2D eigenvalue weighted by Crippen LogP contribution is -2.41. The van der Waals surface area contributed by atoms with Crippen LogP contribution in [0.25, 0.3) is 0 Å². The molecule has 0 aromatic carbocycles. The fourth-order valence-electron chi connectivity index (χ4n) is 0.572. The maximum atomic E-state index is 11.1. The first-order chi connectivity index (χ1) is 6.39. The minimum Gasteiger partial charge on any atom is -0.384 e. The summed E-state index contributed by atoms with van der Waals surface area (Å²) >= 11 is 0. The van der Waals surface area contributed by atoms with Crippen LogP contribution in [0.1, 0.15) is 0 Å². The summed E-state index contributed by atoms with van der Waals surface area (Å²) in [7, 11) is -2.15. The molecule has 8 heteroatoms. The van der Waals surface area contributed by atoms with Crippen LogP contribution in [0.2, 0.25) is 0 Å². The number of ether oxygens (including phenoxy) is 1. The van der Waals surface area contributed by atoms with Crippen molar-refractivity contribution in [3.05, 3.63) is 0 Å². The van der Waals surface area contributed by atoms with Crippen molar-refractivity contribution in [3.8, 4) is 0 Å². The zero-order valence-corrected chi connectivity index (χ0v) is 8.58. The molecule has 0 saturated carbocycles. The van der Waals surface area contributed by atoms with E-state index < -0.39 is 28.6 Å². The average molecular weight is 226 g/mol. The summed E-state index contributed by atoms with van der Waals surface area (Å²) < 4.78 is 28.7. The van der Waals surface area contributed by atoms with Crippen LogP contribution in [-0.4, -0.2) is 51.5 Å². The zero-order chi connectivity index (χ0) is 11.2. The van der Waals surface area contributed by atoms with E-state index in [9.17, 15) is 13.2 Å². The van der Waals surface area contributed by atoms with E-state index in [0.717, 1.165) is 0 Å². The molecule has 7 nitrogen and oxygen atoms in total. The molecule has 0 fully saturated rings. The maximum Gasteiger partial charge on any atom is 0.247 e. The van der Waals surface area contributed by atoms with Crippen molar-refractivity contribution in [1.82, 2.24) is 4.72 Å². The summed E-state index contributed by atoms with van der Waals surface area (Å²) in [6.45, 7) is -0.372. The minimum absolute atomic E-state index is 0.0437. The average Bonchev–Trinajstić information content (AvgIpc) is 2.11. The van der Waals surface area contributed by atoms with E-state index in [-0.39, 0.29) is 12.4 Å². The second kappa shape index (κ2) is 5.91. The Morgan fingerprint density at radius 1 is 1.64 bits per heavy atom. The highest BCUT2D eigenvalue weighted by Crippen LogP contribution is 1.86. The zero-order valence-electron chi connectivity index (χ0n) is 7.76. The molecular weight excluding hydrogens is 212 g/mol. The summed E-state index contributed by atoms with van der Waals surface area (Å²) in [6, 6.07) is 0. The number of nitrogens with one attached hydrogen (secondary N) is 1. The van der Waals surface area contributed by atoms with Gasteiger partial charge in [-0.3, -0.25) is 4.79 Å². The van der Waals surface area contributed by atoms with Crippen molar-refractivity contribution in [1.29, 1.82) is 0 Å². The number of amides is 1.